The zero-order valence-electron chi connectivity index (χ0n) is 11.5. The molecule has 0 amide bonds. The van der Waals surface area contributed by atoms with E-state index in [1.165, 1.54) is 5.69 Å². The Morgan fingerprint density at radius 2 is 1.89 bits per heavy atom. The first-order valence-corrected chi connectivity index (χ1v) is 7.06. The molecule has 1 aliphatic heterocycles. The van der Waals surface area contributed by atoms with E-state index in [1.54, 1.807) is 0 Å². The van der Waals surface area contributed by atoms with Crippen LogP contribution in [0.25, 0.3) is 0 Å². The van der Waals surface area contributed by atoms with Crippen molar-refractivity contribution in [1.82, 2.24) is 4.98 Å². The molecule has 0 saturated carbocycles. The summed E-state index contributed by atoms with van der Waals surface area (Å²) in [6, 6.07) is 4.31. The van der Waals surface area contributed by atoms with Gasteiger partial charge in [-0.1, -0.05) is 13.8 Å². The van der Waals surface area contributed by atoms with Crippen LogP contribution in [0.1, 0.15) is 51.1 Å². The van der Waals surface area contributed by atoms with Gasteiger partial charge < -0.3 is 10.0 Å². The molecule has 1 saturated heterocycles. The Balaban J connectivity index is 2.01. The second-order valence-electron chi connectivity index (χ2n) is 5.52. The lowest BCUT2D eigenvalue weighted by molar-refractivity contribution is 0.146. The first kappa shape index (κ1) is 13.3. The second-order valence-corrected chi connectivity index (χ2v) is 5.52. The highest BCUT2D eigenvalue weighted by molar-refractivity contribution is 5.44. The van der Waals surface area contributed by atoms with Gasteiger partial charge >= 0.3 is 0 Å². The van der Waals surface area contributed by atoms with Crippen LogP contribution in [-0.4, -0.2) is 29.3 Å². The summed E-state index contributed by atoms with van der Waals surface area (Å²) in [6.07, 6.45) is 5.88. The predicted molar refractivity (Wildman–Crippen MR) is 75.0 cm³/mol. The normalized spacial score (nSPS) is 18.8. The third-order valence-electron chi connectivity index (χ3n) is 3.66. The molecule has 0 aliphatic carbocycles. The molecule has 1 N–H and O–H groups in total. The Morgan fingerprint density at radius 1 is 1.22 bits per heavy atom. The minimum Gasteiger partial charge on any atom is -0.393 e. The number of hydrogen-bond acceptors (Lipinski definition) is 3. The number of aromatic nitrogens is 1. The third kappa shape index (κ3) is 3.45. The zero-order valence-corrected chi connectivity index (χ0v) is 11.5. The summed E-state index contributed by atoms with van der Waals surface area (Å²) in [4.78, 5) is 6.92. The fraction of sp³-hybridized carbons (Fsp3) is 0.667. The Kier molecular flexibility index (Phi) is 4.59. The summed E-state index contributed by atoms with van der Waals surface area (Å²) in [5, 5.41) is 9.64. The molecular weight excluding hydrogens is 224 g/mol. The largest absolute Gasteiger partial charge is 0.393 e. The molecule has 1 aromatic rings. The van der Waals surface area contributed by atoms with Gasteiger partial charge in [-0.2, -0.15) is 0 Å². The molecule has 1 fully saturated rings. The lowest BCUT2D eigenvalue weighted by Crippen LogP contribution is -2.29. The van der Waals surface area contributed by atoms with Gasteiger partial charge in [-0.25, -0.2) is 0 Å². The fourth-order valence-corrected chi connectivity index (χ4v) is 2.48. The van der Waals surface area contributed by atoms with Crippen molar-refractivity contribution in [2.45, 2.75) is 51.6 Å². The van der Waals surface area contributed by atoms with Crippen LogP contribution in [0, 0.1) is 0 Å². The second kappa shape index (κ2) is 6.19. The van der Waals surface area contributed by atoms with E-state index in [0.717, 1.165) is 44.5 Å². The quantitative estimate of drug-likeness (QED) is 0.874. The minimum atomic E-state index is -0.0893. The van der Waals surface area contributed by atoms with Gasteiger partial charge in [-0.05, 0) is 43.7 Å². The Hall–Kier alpha value is -1.09. The van der Waals surface area contributed by atoms with Crippen LogP contribution in [0.15, 0.2) is 18.3 Å². The SMILES string of the molecule is CC(C)c1ccc(N2CCCC(O)CCC2)cn1. The van der Waals surface area contributed by atoms with Gasteiger partial charge in [0.25, 0.3) is 0 Å². The monoisotopic (exact) mass is 248 g/mol. The number of nitrogens with zero attached hydrogens (tertiary/aromatic N) is 2. The summed E-state index contributed by atoms with van der Waals surface area (Å²) in [7, 11) is 0. The maximum absolute atomic E-state index is 9.64. The van der Waals surface area contributed by atoms with Crippen molar-refractivity contribution in [3.63, 3.8) is 0 Å². The number of rotatable bonds is 2. The minimum absolute atomic E-state index is 0.0893. The average Bonchev–Trinajstić information content (AvgIpc) is 2.34. The zero-order chi connectivity index (χ0) is 13.0. The van der Waals surface area contributed by atoms with Crippen LogP contribution in [0.4, 0.5) is 5.69 Å². The number of aliphatic hydroxyl groups is 1. The third-order valence-corrected chi connectivity index (χ3v) is 3.66. The number of aliphatic hydroxyl groups excluding tert-OH is 1. The van der Waals surface area contributed by atoms with E-state index in [-0.39, 0.29) is 6.10 Å². The summed E-state index contributed by atoms with van der Waals surface area (Å²) in [6.45, 7) is 6.39. The lowest BCUT2D eigenvalue weighted by Gasteiger charge is -2.28. The molecule has 0 bridgehead atoms. The van der Waals surface area contributed by atoms with Gasteiger partial charge in [0.1, 0.15) is 0 Å². The first-order chi connectivity index (χ1) is 8.66. The van der Waals surface area contributed by atoms with Gasteiger partial charge in [-0.15, -0.1) is 0 Å². The topological polar surface area (TPSA) is 36.4 Å². The molecule has 3 heteroatoms. The molecule has 0 unspecified atom stereocenters. The maximum atomic E-state index is 9.64. The van der Waals surface area contributed by atoms with E-state index < -0.39 is 0 Å². The van der Waals surface area contributed by atoms with E-state index in [4.69, 9.17) is 0 Å². The van der Waals surface area contributed by atoms with Crippen molar-refractivity contribution in [1.29, 1.82) is 0 Å². The number of hydrogen-bond donors (Lipinski definition) is 1. The average molecular weight is 248 g/mol. The van der Waals surface area contributed by atoms with Gasteiger partial charge in [-0.3, -0.25) is 4.98 Å². The smallest absolute Gasteiger partial charge is 0.0552 e. The van der Waals surface area contributed by atoms with E-state index in [1.807, 2.05) is 6.20 Å². The maximum Gasteiger partial charge on any atom is 0.0552 e. The van der Waals surface area contributed by atoms with Crippen molar-refractivity contribution < 1.29 is 5.11 Å². The summed E-state index contributed by atoms with van der Waals surface area (Å²) < 4.78 is 0. The molecule has 1 aliphatic rings. The molecule has 2 rings (SSSR count). The standard InChI is InChI=1S/C15H24N2O/c1-12(2)15-8-7-13(11-16-15)17-9-3-5-14(18)6-4-10-17/h7-8,11-12,14,18H,3-6,9-10H2,1-2H3. The van der Waals surface area contributed by atoms with Crippen LogP contribution < -0.4 is 4.90 Å². The molecule has 18 heavy (non-hydrogen) atoms. The van der Waals surface area contributed by atoms with Crippen molar-refractivity contribution >= 4 is 5.69 Å². The summed E-state index contributed by atoms with van der Waals surface area (Å²) in [5.74, 6) is 0.488. The summed E-state index contributed by atoms with van der Waals surface area (Å²) >= 11 is 0. The highest BCUT2D eigenvalue weighted by atomic mass is 16.3. The Labute approximate surface area is 110 Å². The van der Waals surface area contributed by atoms with E-state index in [9.17, 15) is 5.11 Å². The van der Waals surface area contributed by atoms with Crippen LogP contribution in [-0.2, 0) is 0 Å². The van der Waals surface area contributed by atoms with Crippen LogP contribution in [0.2, 0.25) is 0 Å². The van der Waals surface area contributed by atoms with Crippen molar-refractivity contribution in [2.75, 3.05) is 18.0 Å². The van der Waals surface area contributed by atoms with Crippen molar-refractivity contribution in [3.8, 4) is 0 Å². The predicted octanol–water partition coefficient (Wildman–Crippen LogP) is 2.95. The highest BCUT2D eigenvalue weighted by Gasteiger charge is 2.13. The Bertz CT molecular complexity index is 351. The molecule has 2 heterocycles. The Morgan fingerprint density at radius 3 is 2.39 bits per heavy atom. The molecular formula is C15H24N2O. The highest BCUT2D eigenvalue weighted by Crippen LogP contribution is 2.20. The van der Waals surface area contributed by atoms with Crippen LogP contribution >= 0.6 is 0 Å². The first-order valence-electron chi connectivity index (χ1n) is 7.06. The molecule has 0 spiro atoms. The lowest BCUT2D eigenvalue weighted by atomic mass is 10.1. The van der Waals surface area contributed by atoms with Crippen molar-refractivity contribution in [3.05, 3.63) is 24.0 Å². The van der Waals surface area contributed by atoms with Crippen LogP contribution in [0.3, 0.4) is 0 Å². The van der Waals surface area contributed by atoms with E-state index in [2.05, 4.69) is 35.9 Å². The van der Waals surface area contributed by atoms with E-state index >= 15 is 0 Å². The van der Waals surface area contributed by atoms with Gasteiger partial charge in [0.05, 0.1) is 18.0 Å². The van der Waals surface area contributed by atoms with Crippen molar-refractivity contribution in [2.24, 2.45) is 0 Å². The molecule has 100 valence electrons. The number of pyridine rings is 1. The fourth-order valence-electron chi connectivity index (χ4n) is 2.48. The van der Waals surface area contributed by atoms with Crippen LogP contribution in [0.5, 0.6) is 0 Å². The molecule has 0 atom stereocenters. The molecule has 1 aromatic heterocycles. The molecule has 0 radical (unpaired) electrons. The molecule has 0 aromatic carbocycles. The summed E-state index contributed by atoms with van der Waals surface area (Å²) in [5.41, 5.74) is 2.37. The number of anilines is 1. The van der Waals surface area contributed by atoms with Gasteiger partial charge in [0.2, 0.25) is 0 Å². The van der Waals surface area contributed by atoms with Gasteiger partial charge in [0, 0.05) is 18.8 Å². The van der Waals surface area contributed by atoms with Gasteiger partial charge in [0.15, 0.2) is 0 Å². The molecule has 3 nitrogen and oxygen atoms in total. The van der Waals surface area contributed by atoms with E-state index in [0.29, 0.717) is 5.92 Å².